The summed E-state index contributed by atoms with van der Waals surface area (Å²) in [5, 5.41) is 20.7. The molecule has 0 heterocycles. The maximum Gasteiger partial charge on any atom is 0.259 e. The third-order valence-corrected chi connectivity index (χ3v) is 5.78. The van der Waals surface area contributed by atoms with Crippen molar-refractivity contribution < 1.29 is 19.7 Å². The van der Waals surface area contributed by atoms with Gasteiger partial charge >= 0.3 is 0 Å². The van der Waals surface area contributed by atoms with Gasteiger partial charge in [-0.1, -0.05) is 19.1 Å². The summed E-state index contributed by atoms with van der Waals surface area (Å²) < 4.78 is 5.45. The van der Waals surface area contributed by atoms with E-state index < -0.39 is 6.10 Å². The van der Waals surface area contributed by atoms with Crippen LogP contribution in [0, 0.1) is 35.5 Å². The van der Waals surface area contributed by atoms with Crippen LogP contribution in [0.5, 0.6) is 0 Å². The molecule has 2 rings (SSSR count). The lowest BCUT2D eigenvalue weighted by Gasteiger charge is -2.19. The number of carbonyl (C=O) groups excluding carboxylic acids is 1. The van der Waals surface area contributed by atoms with Crippen LogP contribution in [0.3, 0.4) is 0 Å². The van der Waals surface area contributed by atoms with Gasteiger partial charge in [-0.3, -0.25) is 4.79 Å². The summed E-state index contributed by atoms with van der Waals surface area (Å²) in [5.41, 5.74) is 1.20. The first-order chi connectivity index (χ1) is 12.8. The zero-order valence-corrected chi connectivity index (χ0v) is 16.9. The van der Waals surface area contributed by atoms with Gasteiger partial charge in [-0.05, 0) is 49.5 Å². The smallest absolute Gasteiger partial charge is 0.259 e. The van der Waals surface area contributed by atoms with Crippen molar-refractivity contribution in [1.82, 2.24) is 4.90 Å². The lowest BCUT2D eigenvalue weighted by Crippen LogP contribution is -2.25. The van der Waals surface area contributed by atoms with E-state index in [1.54, 1.807) is 27.3 Å². The SMILES string of the molecule is CC#CC[C@@H](C)[C@H](O)C=C[C@@H]1[C@H]2CC(=COCC(=O)N(C)C)C[C@H]2C[C@H]1O. The highest BCUT2D eigenvalue weighted by Gasteiger charge is 2.45. The van der Waals surface area contributed by atoms with Crippen LogP contribution in [0.2, 0.25) is 0 Å². The molecule has 5 nitrogen and oxygen atoms in total. The number of hydrogen-bond acceptors (Lipinski definition) is 4. The molecule has 0 aliphatic heterocycles. The van der Waals surface area contributed by atoms with Crippen molar-refractivity contribution in [2.75, 3.05) is 20.7 Å². The van der Waals surface area contributed by atoms with Gasteiger partial charge in [-0.25, -0.2) is 0 Å². The van der Waals surface area contributed by atoms with E-state index in [1.807, 2.05) is 19.1 Å². The highest BCUT2D eigenvalue weighted by molar-refractivity contribution is 5.76. The number of carbonyl (C=O) groups is 1. The minimum atomic E-state index is -0.547. The summed E-state index contributed by atoms with van der Waals surface area (Å²) in [5.74, 6) is 6.74. The zero-order chi connectivity index (χ0) is 20.0. The summed E-state index contributed by atoms with van der Waals surface area (Å²) in [4.78, 5) is 13.1. The largest absolute Gasteiger partial charge is 0.491 e. The second kappa shape index (κ2) is 9.96. The van der Waals surface area contributed by atoms with Gasteiger partial charge in [-0.2, -0.15) is 0 Å². The third kappa shape index (κ3) is 5.85. The van der Waals surface area contributed by atoms with E-state index in [9.17, 15) is 15.0 Å². The van der Waals surface area contributed by atoms with Gasteiger partial charge in [0, 0.05) is 26.4 Å². The molecule has 0 unspecified atom stereocenters. The molecule has 0 saturated heterocycles. The number of allylic oxidation sites excluding steroid dienone is 1. The number of hydrogen-bond donors (Lipinski definition) is 2. The molecule has 27 heavy (non-hydrogen) atoms. The van der Waals surface area contributed by atoms with Crippen LogP contribution in [0.25, 0.3) is 0 Å². The van der Waals surface area contributed by atoms with Crippen LogP contribution >= 0.6 is 0 Å². The zero-order valence-electron chi connectivity index (χ0n) is 16.9. The Labute approximate surface area is 163 Å². The fourth-order valence-electron chi connectivity index (χ4n) is 4.04. The first-order valence-corrected chi connectivity index (χ1v) is 9.77. The molecule has 2 saturated carbocycles. The Bertz CT molecular complexity index is 628. The highest BCUT2D eigenvalue weighted by Crippen LogP contribution is 2.50. The molecule has 0 aromatic carbocycles. The Balaban J connectivity index is 1.91. The normalized spacial score (nSPS) is 30.7. The number of ether oxygens (including phenoxy) is 1. The van der Waals surface area contributed by atoms with Crippen molar-refractivity contribution >= 4 is 5.91 Å². The number of nitrogens with zero attached hydrogens (tertiary/aromatic N) is 1. The quantitative estimate of drug-likeness (QED) is 0.407. The van der Waals surface area contributed by atoms with Gasteiger partial charge in [0.05, 0.1) is 18.5 Å². The van der Waals surface area contributed by atoms with E-state index in [2.05, 4.69) is 11.8 Å². The lowest BCUT2D eigenvalue weighted by molar-refractivity contribution is -0.131. The van der Waals surface area contributed by atoms with Gasteiger partial charge in [0.1, 0.15) is 0 Å². The van der Waals surface area contributed by atoms with Gasteiger partial charge in [-0.15, -0.1) is 11.8 Å². The molecular formula is C22H33NO4. The van der Waals surface area contributed by atoms with Gasteiger partial charge in [0.25, 0.3) is 5.91 Å². The van der Waals surface area contributed by atoms with E-state index in [4.69, 9.17) is 4.74 Å². The van der Waals surface area contributed by atoms with Crippen LogP contribution in [-0.4, -0.2) is 53.9 Å². The minimum absolute atomic E-state index is 0.0581. The second-order valence-electron chi connectivity index (χ2n) is 8.07. The standard InChI is InChI=1S/C22H33NO4/c1-5-6-7-15(2)20(24)9-8-18-19-11-16(10-17(19)12-21(18)25)13-27-14-22(26)23(3)4/h8-9,13,15,17-21,24-25H,7,10-12,14H2,1-4H3/t15-,17+,18-,19+,20-,21-/m1/s1. The molecule has 0 bridgehead atoms. The van der Waals surface area contributed by atoms with Crippen LogP contribution in [0.4, 0.5) is 0 Å². The third-order valence-electron chi connectivity index (χ3n) is 5.78. The van der Waals surface area contributed by atoms with Gasteiger partial charge in [0.2, 0.25) is 0 Å². The van der Waals surface area contributed by atoms with Crippen molar-refractivity contribution in [2.24, 2.45) is 23.7 Å². The lowest BCUT2D eigenvalue weighted by atomic mass is 9.89. The Kier molecular flexibility index (Phi) is 7.94. The molecule has 150 valence electrons. The number of fused-ring (bicyclic) bond motifs is 1. The fourth-order valence-corrected chi connectivity index (χ4v) is 4.04. The highest BCUT2D eigenvalue weighted by atomic mass is 16.5. The number of rotatable bonds is 7. The molecule has 2 fully saturated rings. The predicted octanol–water partition coefficient (Wildman–Crippen LogP) is 2.35. The molecule has 0 spiro atoms. The minimum Gasteiger partial charge on any atom is -0.491 e. The average molecular weight is 376 g/mol. The maximum atomic E-state index is 11.6. The first kappa shape index (κ1) is 21.5. The summed E-state index contributed by atoms with van der Waals surface area (Å²) in [6, 6.07) is 0. The van der Waals surface area contributed by atoms with Crippen molar-refractivity contribution in [3.05, 3.63) is 24.0 Å². The Morgan fingerprint density at radius 3 is 2.81 bits per heavy atom. The number of aliphatic hydroxyl groups excluding tert-OH is 2. The van der Waals surface area contributed by atoms with E-state index in [1.165, 1.54) is 10.5 Å². The molecule has 6 atom stereocenters. The molecule has 1 amide bonds. The van der Waals surface area contributed by atoms with Crippen LogP contribution < -0.4 is 0 Å². The van der Waals surface area contributed by atoms with Crippen LogP contribution in [0.15, 0.2) is 24.0 Å². The Morgan fingerprint density at radius 1 is 1.41 bits per heavy atom. The fraction of sp³-hybridized carbons (Fsp3) is 0.682. The van der Waals surface area contributed by atoms with Crippen molar-refractivity contribution in [3.63, 3.8) is 0 Å². The topological polar surface area (TPSA) is 70.0 Å². The molecule has 2 aliphatic rings. The van der Waals surface area contributed by atoms with E-state index in [0.29, 0.717) is 18.3 Å². The first-order valence-electron chi connectivity index (χ1n) is 9.77. The van der Waals surface area contributed by atoms with Gasteiger partial charge in [0.15, 0.2) is 6.61 Å². The predicted molar refractivity (Wildman–Crippen MR) is 105 cm³/mol. The van der Waals surface area contributed by atoms with Crippen molar-refractivity contribution in [3.8, 4) is 11.8 Å². The number of likely N-dealkylation sites (N-methyl/N-ethyl adjacent to an activating group) is 1. The summed E-state index contributed by atoms with van der Waals surface area (Å²) in [7, 11) is 3.42. The van der Waals surface area contributed by atoms with E-state index >= 15 is 0 Å². The molecule has 0 radical (unpaired) electrons. The molecule has 2 N–H and O–H groups in total. The van der Waals surface area contributed by atoms with Crippen LogP contribution in [-0.2, 0) is 9.53 Å². The van der Waals surface area contributed by atoms with Crippen molar-refractivity contribution in [2.45, 2.75) is 51.7 Å². The molecule has 0 aromatic heterocycles. The van der Waals surface area contributed by atoms with E-state index in [-0.39, 0.29) is 30.5 Å². The monoisotopic (exact) mass is 375 g/mol. The Morgan fingerprint density at radius 2 is 2.15 bits per heavy atom. The maximum absolute atomic E-state index is 11.6. The molecule has 5 heteroatoms. The summed E-state index contributed by atoms with van der Waals surface area (Å²) in [6.07, 6.45) is 7.88. The molecular weight excluding hydrogens is 342 g/mol. The second-order valence-corrected chi connectivity index (χ2v) is 8.07. The van der Waals surface area contributed by atoms with Crippen LogP contribution in [0.1, 0.15) is 39.5 Å². The average Bonchev–Trinajstić information content (AvgIpc) is 3.13. The Hall–Kier alpha value is -1.77. The molecule has 2 aliphatic carbocycles. The number of aliphatic hydroxyl groups is 2. The summed E-state index contributed by atoms with van der Waals surface area (Å²) in [6.45, 7) is 3.84. The molecule has 0 aromatic rings. The summed E-state index contributed by atoms with van der Waals surface area (Å²) >= 11 is 0. The van der Waals surface area contributed by atoms with Gasteiger partial charge < -0.3 is 19.8 Å². The van der Waals surface area contributed by atoms with Crippen molar-refractivity contribution in [1.29, 1.82) is 0 Å². The van der Waals surface area contributed by atoms with E-state index in [0.717, 1.165) is 19.3 Å². The number of amides is 1.